The van der Waals surface area contributed by atoms with E-state index in [-0.39, 0.29) is 5.82 Å². The summed E-state index contributed by atoms with van der Waals surface area (Å²) in [5, 5.41) is 16.6. The molecule has 0 saturated carbocycles. The Morgan fingerprint density at radius 2 is 1.85 bits per heavy atom. The van der Waals surface area contributed by atoms with E-state index in [1.807, 2.05) is 19.9 Å². The number of halogens is 1. The molecule has 0 amide bonds. The maximum atomic E-state index is 14.0. The first-order valence-corrected chi connectivity index (χ1v) is 12.6. The number of hydrogen-bond donors (Lipinski definition) is 3. The molecule has 3 aromatic carbocycles. The molecule has 180 valence electrons. The van der Waals surface area contributed by atoms with Crippen LogP contribution in [0.1, 0.15) is 54.4 Å². The number of benzene rings is 3. The highest BCUT2D eigenvalue weighted by Crippen LogP contribution is 2.40. The zero-order valence-electron chi connectivity index (χ0n) is 20.6. The van der Waals surface area contributed by atoms with E-state index in [9.17, 15) is 9.50 Å². The van der Waals surface area contributed by atoms with Crippen molar-refractivity contribution < 1.29 is 9.50 Å². The second-order valence-electron chi connectivity index (χ2n) is 9.54. The highest BCUT2D eigenvalue weighted by molar-refractivity contribution is 5.80. The van der Waals surface area contributed by atoms with Crippen LogP contribution in [0.4, 0.5) is 4.39 Å². The molecular weight excluding hydrogens is 423 g/mol. The monoisotopic (exact) mass is 460 g/mol. The van der Waals surface area contributed by atoms with Gasteiger partial charge in [0.25, 0.3) is 0 Å². The fourth-order valence-electron chi connectivity index (χ4n) is 5.28. The predicted octanol–water partition coefficient (Wildman–Crippen LogP) is 6.10. The number of aliphatic hydroxyl groups excluding tert-OH is 1. The molecule has 1 heterocycles. The number of rotatable bonds is 8. The Labute approximate surface area is 203 Å². The van der Waals surface area contributed by atoms with Gasteiger partial charge in [0.15, 0.2) is 0 Å². The van der Waals surface area contributed by atoms with Gasteiger partial charge in [-0.05, 0) is 115 Å². The highest BCUT2D eigenvalue weighted by atomic mass is 19.1. The molecule has 1 aliphatic rings. The van der Waals surface area contributed by atoms with Crippen molar-refractivity contribution in [3.05, 3.63) is 82.7 Å². The fourth-order valence-corrected chi connectivity index (χ4v) is 5.28. The zero-order valence-corrected chi connectivity index (χ0v) is 20.6. The second-order valence-corrected chi connectivity index (χ2v) is 9.54. The van der Waals surface area contributed by atoms with Gasteiger partial charge in [-0.15, -0.1) is 0 Å². The Morgan fingerprint density at radius 3 is 2.59 bits per heavy atom. The third-order valence-electron chi connectivity index (χ3n) is 7.06. The van der Waals surface area contributed by atoms with Crippen molar-refractivity contribution >= 4 is 0 Å². The van der Waals surface area contributed by atoms with E-state index in [1.54, 1.807) is 12.1 Å². The van der Waals surface area contributed by atoms with Gasteiger partial charge in [-0.25, -0.2) is 4.39 Å². The largest absolute Gasteiger partial charge is 0.379 e. The average molecular weight is 461 g/mol. The minimum Gasteiger partial charge on any atom is -0.379 e. The SMILES string of the molecule is CCC(O)NCCc1ccccc1-c1cc(C)c(C2CCCNC2)c(-c2ccc(F)cc2C)c1. The Hall–Kier alpha value is -2.53. The number of nitrogens with one attached hydrogen (secondary N) is 2. The van der Waals surface area contributed by atoms with Gasteiger partial charge in [0.2, 0.25) is 0 Å². The molecule has 1 saturated heterocycles. The molecule has 2 unspecified atom stereocenters. The van der Waals surface area contributed by atoms with Gasteiger partial charge in [0.05, 0.1) is 0 Å². The molecule has 1 fully saturated rings. The van der Waals surface area contributed by atoms with Crippen LogP contribution in [0.15, 0.2) is 54.6 Å². The standard InChI is InChI=1S/C30H37FN2O/c1-4-29(34)33-15-13-22-8-5-6-10-27(22)24-16-21(3)30(23-9-7-14-32-19-23)28(18-24)26-12-11-25(31)17-20(26)2/h5-6,8,10-12,16-18,23,29,32-34H,4,7,9,13-15,19H2,1-3H3. The first-order chi connectivity index (χ1) is 16.5. The Bertz CT molecular complexity index is 1120. The normalized spacial score (nSPS) is 17.0. The molecule has 0 spiro atoms. The Balaban J connectivity index is 1.79. The summed E-state index contributed by atoms with van der Waals surface area (Å²) in [5.74, 6) is 0.263. The molecule has 4 heteroatoms. The maximum absolute atomic E-state index is 14.0. The maximum Gasteiger partial charge on any atom is 0.123 e. The number of aliphatic hydroxyl groups is 1. The minimum atomic E-state index is -0.467. The van der Waals surface area contributed by atoms with E-state index in [0.717, 1.165) is 37.2 Å². The van der Waals surface area contributed by atoms with Crippen LogP contribution in [0, 0.1) is 19.7 Å². The van der Waals surface area contributed by atoms with Crippen molar-refractivity contribution in [1.82, 2.24) is 10.6 Å². The summed E-state index contributed by atoms with van der Waals surface area (Å²) < 4.78 is 14.0. The molecule has 0 aliphatic carbocycles. The third kappa shape index (κ3) is 5.57. The van der Waals surface area contributed by atoms with Crippen LogP contribution in [-0.2, 0) is 6.42 Å². The molecule has 3 aromatic rings. The summed E-state index contributed by atoms with van der Waals surface area (Å²) in [6.07, 6.45) is 3.41. The molecule has 3 nitrogen and oxygen atoms in total. The predicted molar refractivity (Wildman–Crippen MR) is 140 cm³/mol. The van der Waals surface area contributed by atoms with Crippen LogP contribution in [0.3, 0.4) is 0 Å². The van der Waals surface area contributed by atoms with E-state index in [0.29, 0.717) is 12.3 Å². The molecular formula is C30H37FN2O. The van der Waals surface area contributed by atoms with Gasteiger partial charge in [-0.1, -0.05) is 43.3 Å². The lowest BCUT2D eigenvalue weighted by Crippen LogP contribution is -2.29. The van der Waals surface area contributed by atoms with Gasteiger partial charge in [-0.2, -0.15) is 0 Å². The van der Waals surface area contributed by atoms with E-state index >= 15 is 0 Å². The lowest BCUT2D eigenvalue weighted by atomic mass is 9.80. The van der Waals surface area contributed by atoms with Crippen molar-refractivity contribution in [2.45, 2.75) is 58.6 Å². The molecule has 3 N–H and O–H groups in total. The number of hydrogen-bond acceptors (Lipinski definition) is 3. The molecule has 1 aliphatic heterocycles. The molecule has 0 radical (unpaired) electrons. The van der Waals surface area contributed by atoms with Crippen molar-refractivity contribution in [2.24, 2.45) is 0 Å². The van der Waals surface area contributed by atoms with Gasteiger partial charge >= 0.3 is 0 Å². The lowest BCUT2D eigenvalue weighted by molar-refractivity contribution is 0.134. The zero-order chi connectivity index (χ0) is 24.1. The Morgan fingerprint density at radius 1 is 1.03 bits per heavy atom. The van der Waals surface area contributed by atoms with Crippen LogP contribution >= 0.6 is 0 Å². The first-order valence-electron chi connectivity index (χ1n) is 12.6. The summed E-state index contributed by atoms with van der Waals surface area (Å²) in [7, 11) is 0. The number of piperidine rings is 1. The fraction of sp³-hybridized carbons (Fsp3) is 0.400. The third-order valence-corrected chi connectivity index (χ3v) is 7.06. The average Bonchev–Trinajstić information content (AvgIpc) is 2.84. The van der Waals surface area contributed by atoms with Gasteiger partial charge in [0, 0.05) is 13.1 Å². The minimum absolute atomic E-state index is 0.192. The van der Waals surface area contributed by atoms with Crippen LogP contribution in [0.25, 0.3) is 22.3 Å². The Kier molecular flexibility index (Phi) is 8.15. The second kappa shape index (κ2) is 11.3. The quantitative estimate of drug-likeness (QED) is 0.356. The van der Waals surface area contributed by atoms with Crippen molar-refractivity contribution in [3.63, 3.8) is 0 Å². The molecule has 0 aromatic heterocycles. The van der Waals surface area contributed by atoms with Crippen molar-refractivity contribution in [3.8, 4) is 22.3 Å². The van der Waals surface area contributed by atoms with Crippen molar-refractivity contribution in [2.75, 3.05) is 19.6 Å². The highest BCUT2D eigenvalue weighted by Gasteiger charge is 2.23. The van der Waals surface area contributed by atoms with Crippen LogP contribution < -0.4 is 10.6 Å². The summed E-state index contributed by atoms with van der Waals surface area (Å²) in [6, 6.07) is 18.3. The van der Waals surface area contributed by atoms with Gasteiger partial charge in [0.1, 0.15) is 12.0 Å². The van der Waals surface area contributed by atoms with Crippen LogP contribution in [-0.4, -0.2) is 31.0 Å². The smallest absolute Gasteiger partial charge is 0.123 e. The van der Waals surface area contributed by atoms with E-state index < -0.39 is 6.23 Å². The molecule has 0 bridgehead atoms. The molecule has 34 heavy (non-hydrogen) atoms. The topological polar surface area (TPSA) is 44.3 Å². The number of aryl methyl sites for hydroxylation is 2. The first kappa shape index (κ1) is 24.6. The summed E-state index contributed by atoms with van der Waals surface area (Å²) >= 11 is 0. The van der Waals surface area contributed by atoms with E-state index in [1.165, 1.54) is 46.2 Å². The van der Waals surface area contributed by atoms with Crippen LogP contribution in [0.2, 0.25) is 0 Å². The van der Waals surface area contributed by atoms with Gasteiger partial charge < -0.3 is 10.4 Å². The summed E-state index contributed by atoms with van der Waals surface area (Å²) in [5.41, 5.74) is 9.63. The molecule has 2 atom stereocenters. The van der Waals surface area contributed by atoms with Crippen molar-refractivity contribution in [1.29, 1.82) is 0 Å². The van der Waals surface area contributed by atoms with E-state index in [4.69, 9.17) is 0 Å². The summed E-state index contributed by atoms with van der Waals surface area (Å²) in [4.78, 5) is 0. The van der Waals surface area contributed by atoms with Gasteiger partial charge in [-0.3, -0.25) is 5.32 Å². The van der Waals surface area contributed by atoms with E-state index in [2.05, 4.69) is 54.0 Å². The molecule has 4 rings (SSSR count). The van der Waals surface area contributed by atoms with Crippen LogP contribution in [0.5, 0.6) is 0 Å². The summed E-state index contributed by atoms with van der Waals surface area (Å²) in [6.45, 7) is 8.97. The lowest BCUT2D eigenvalue weighted by Gasteiger charge is -2.28.